The van der Waals surface area contributed by atoms with Crippen molar-refractivity contribution in [3.05, 3.63) is 54.6 Å². The first-order chi connectivity index (χ1) is 13.1. The van der Waals surface area contributed by atoms with Crippen molar-refractivity contribution in [3.8, 4) is 5.75 Å². The molecule has 0 aromatic heterocycles. The highest BCUT2D eigenvalue weighted by atomic mass is 16.5. The van der Waals surface area contributed by atoms with Gasteiger partial charge in [0.1, 0.15) is 5.75 Å². The summed E-state index contributed by atoms with van der Waals surface area (Å²) in [5.41, 5.74) is 1.61. The molecule has 0 radical (unpaired) electrons. The summed E-state index contributed by atoms with van der Waals surface area (Å²) in [5, 5.41) is 2.90. The number of anilines is 2. The Morgan fingerprint density at radius 3 is 2.48 bits per heavy atom. The summed E-state index contributed by atoms with van der Waals surface area (Å²) in [6.07, 6.45) is 2.14. The van der Waals surface area contributed by atoms with E-state index >= 15 is 0 Å². The summed E-state index contributed by atoms with van der Waals surface area (Å²) >= 11 is 0. The number of nitrogens with one attached hydrogen (secondary N) is 1. The third-order valence-corrected chi connectivity index (χ3v) is 5.08. The summed E-state index contributed by atoms with van der Waals surface area (Å²) in [7, 11) is 1.62. The van der Waals surface area contributed by atoms with Gasteiger partial charge in [0.2, 0.25) is 11.8 Å². The van der Waals surface area contributed by atoms with Gasteiger partial charge >= 0.3 is 0 Å². The van der Waals surface area contributed by atoms with E-state index in [1.54, 1.807) is 12.0 Å². The Morgan fingerprint density at radius 1 is 1.15 bits per heavy atom. The highest BCUT2D eigenvalue weighted by Crippen LogP contribution is 2.35. The highest BCUT2D eigenvalue weighted by Gasteiger charge is 2.41. The molecule has 0 aliphatic carbocycles. The van der Waals surface area contributed by atoms with Crippen molar-refractivity contribution in [2.45, 2.75) is 26.2 Å². The molecular weight excluding hydrogens is 340 g/mol. The monoisotopic (exact) mass is 366 g/mol. The van der Waals surface area contributed by atoms with Crippen molar-refractivity contribution in [3.63, 3.8) is 0 Å². The van der Waals surface area contributed by atoms with Crippen molar-refractivity contribution in [1.82, 2.24) is 0 Å². The zero-order chi connectivity index (χ0) is 19.2. The van der Waals surface area contributed by atoms with Gasteiger partial charge in [0.05, 0.1) is 13.0 Å². The maximum atomic E-state index is 13.0. The molecule has 27 heavy (non-hydrogen) atoms. The van der Waals surface area contributed by atoms with E-state index in [0.717, 1.165) is 30.0 Å². The van der Waals surface area contributed by atoms with E-state index < -0.39 is 0 Å². The predicted molar refractivity (Wildman–Crippen MR) is 107 cm³/mol. The second-order valence-electron chi connectivity index (χ2n) is 6.92. The van der Waals surface area contributed by atoms with E-state index in [1.807, 2.05) is 54.6 Å². The fourth-order valence-electron chi connectivity index (χ4n) is 3.70. The Labute approximate surface area is 160 Å². The Bertz CT molecular complexity index is 774. The first-order valence-electron chi connectivity index (χ1n) is 9.42. The van der Waals surface area contributed by atoms with Crippen LogP contribution in [-0.2, 0) is 9.59 Å². The molecule has 2 aromatic rings. The minimum Gasteiger partial charge on any atom is -0.497 e. The Morgan fingerprint density at radius 2 is 1.85 bits per heavy atom. The molecule has 2 atom stereocenters. The smallest absolute Gasteiger partial charge is 0.230 e. The van der Waals surface area contributed by atoms with Gasteiger partial charge in [-0.2, -0.15) is 0 Å². The fourth-order valence-corrected chi connectivity index (χ4v) is 3.70. The number of benzene rings is 2. The normalized spacial score (nSPS) is 19.2. The van der Waals surface area contributed by atoms with Gasteiger partial charge in [0.15, 0.2) is 0 Å². The molecule has 142 valence electrons. The van der Waals surface area contributed by atoms with Crippen molar-refractivity contribution >= 4 is 23.2 Å². The first-order valence-corrected chi connectivity index (χ1v) is 9.42. The molecule has 1 N–H and O–H groups in total. The number of ether oxygens (including phenoxy) is 1. The van der Waals surface area contributed by atoms with Gasteiger partial charge < -0.3 is 15.0 Å². The lowest BCUT2D eigenvalue weighted by atomic mass is 9.88. The highest BCUT2D eigenvalue weighted by molar-refractivity contribution is 6.01. The quantitative estimate of drug-likeness (QED) is 0.802. The number of carbonyl (C=O) groups is 2. The minimum absolute atomic E-state index is 0.0295. The van der Waals surface area contributed by atoms with Gasteiger partial charge in [-0.15, -0.1) is 0 Å². The van der Waals surface area contributed by atoms with Crippen molar-refractivity contribution in [1.29, 1.82) is 0 Å². The molecule has 0 bridgehead atoms. The molecule has 0 spiro atoms. The van der Waals surface area contributed by atoms with E-state index in [9.17, 15) is 9.59 Å². The van der Waals surface area contributed by atoms with Gasteiger partial charge in [-0.25, -0.2) is 0 Å². The standard InChI is InChI=1S/C22H26N2O3/c1-3-7-16-15-24(18-10-12-19(27-2)13-11-18)22(26)20(16)14-21(25)23-17-8-5-4-6-9-17/h4-6,8-13,16,20H,3,7,14-15H2,1-2H3,(H,23,25)/t16-,20-/m0/s1. The van der Waals surface area contributed by atoms with Gasteiger partial charge in [0.25, 0.3) is 0 Å². The molecule has 0 saturated carbocycles. The Kier molecular flexibility index (Phi) is 6.12. The van der Waals surface area contributed by atoms with Crippen LogP contribution in [0.5, 0.6) is 5.75 Å². The van der Waals surface area contributed by atoms with Crippen LogP contribution in [0.1, 0.15) is 26.2 Å². The van der Waals surface area contributed by atoms with Crippen LogP contribution in [0.2, 0.25) is 0 Å². The summed E-state index contributed by atoms with van der Waals surface area (Å²) in [6.45, 7) is 2.77. The molecule has 1 aliphatic heterocycles. The van der Waals surface area contributed by atoms with Crippen LogP contribution in [0.25, 0.3) is 0 Å². The number of hydrogen-bond donors (Lipinski definition) is 1. The van der Waals surface area contributed by atoms with Gasteiger partial charge in [-0.1, -0.05) is 31.5 Å². The van der Waals surface area contributed by atoms with E-state index in [2.05, 4.69) is 12.2 Å². The van der Waals surface area contributed by atoms with Crippen LogP contribution in [-0.4, -0.2) is 25.5 Å². The number of para-hydroxylation sites is 1. The first kappa shape index (κ1) is 19.0. The molecule has 5 heteroatoms. The van der Waals surface area contributed by atoms with Gasteiger partial charge in [-0.05, 0) is 48.7 Å². The SMILES string of the molecule is CCC[C@H]1CN(c2ccc(OC)cc2)C(=O)[C@H]1CC(=O)Nc1ccccc1. The van der Waals surface area contributed by atoms with E-state index in [-0.39, 0.29) is 30.1 Å². The van der Waals surface area contributed by atoms with Crippen molar-refractivity contribution < 1.29 is 14.3 Å². The fraction of sp³-hybridized carbons (Fsp3) is 0.364. The summed E-state index contributed by atoms with van der Waals surface area (Å²) in [5.74, 6) is 0.579. The summed E-state index contributed by atoms with van der Waals surface area (Å²) in [6, 6.07) is 16.9. The molecule has 2 amide bonds. The number of methoxy groups -OCH3 is 1. The van der Waals surface area contributed by atoms with Gasteiger partial charge in [0, 0.05) is 24.3 Å². The molecule has 0 unspecified atom stereocenters. The maximum Gasteiger partial charge on any atom is 0.230 e. The molecule has 1 aliphatic rings. The zero-order valence-electron chi connectivity index (χ0n) is 15.9. The largest absolute Gasteiger partial charge is 0.497 e. The Hall–Kier alpha value is -2.82. The van der Waals surface area contributed by atoms with Crippen LogP contribution in [0.4, 0.5) is 11.4 Å². The molecule has 5 nitrogen and oxygen atoms in total. The van der Waals surface area contributed by atoms with Crippen molar-refractivity contribution in [2.24, 2.45) is 11.8 Å². The van der Waals surface area contributed by atoms with Crippen LogP contribution in [0, 0.1) is 11.8 Å². The van der Waals surface area contributed by atoms with Crippen LogP contribution in [0.3, 0.4) is 0 Å². The molecule has 1 saturated heterocycles. The number of amides is 2. The third-order valence-electron chi connectivity index (χ3n) is 5.08. The average Bonchev–Trinajstić information content (AvgIpc) is 2.99. The topological polar surface area (TPSA) is 58.6 Å². The molecule has 2 aromatic carbocycles. The second kappa shape index (κ2) is 8.71. The van der Waals surface area contributed by atoms with Crippen LogP contribution >= 0.6 is 0 Å². The molecule has 1 heterocycles. The number of hydrogen-bond acceptors (Lipinski definition) is 3. The van der Waals surface area contributed by atoms with E-state index in [4.69, 9.17) is 4.74 Å². The Balaban J connectivity index is 1.72. The predicted octanol–water partition coefficient (Wildman–Crippen LogP) is 4.10. The summed E-state index contributed by atoms with van der Waals surface area (Å²) in [4.78, 5) is 27.3. The average molecular weight is 366 g/mol. The van der Waals surface area contributed by atoms with E-state index in [0.29, 0.717) is 6.54 Å². The van der Waals surface area contributed by atoms with Crippen LogP contribution in [0.15, 0.2) is 54.6 Å². The second-order valence-corrected chi connectivity index (χ2v) is 6.92. The van der Waals surface area contributed by atoms with Crippen LogP contribution < -0.4 is 15.0 Å². The summed E-state index contributed by atoms with van der Waals surface area (Å²) < 4.78 is 5.19. The number of carbonyl (C=O) groups excluding carboxylic acids is 2. The number of nitrogens with zero attached hydrogens (tertiary/aromatic N) is 1. The maximum absolute atomic E-state index is 13.0. The molecular formula is C22H26N2O3. The molecule has 1 fully saturated rings. The lowest BCUT2D eigenvalue weighted by Crippen LogP contribution is -2.29. The van der Waals surface area contributed by atoms with E-state index in [1.165, 1.54) is 0 Å². The third kappa shape index (κ3) is 4.48. The van der Waals surface area contributed by atoms with Gasteiger partial charge in [-0.3, -0.25) is 9.59 Å². The zero-order valence-corrected chi connectivity index (χ0v) is 15.9. The number of rotatable bonds is 7. The minimum atomic E-state index is -0.282. The molecule has 3 rings (SSSR count). The lowest BCUT2D eigenvalue weighted by Gasteiger charge is -2.17. The lowest BCUT2D eigenvalue weighted by molar-refractivity contribution is -0.125. The van der Waals surface area contributed by atoms with Crippen molar-refractivity contribution in [2.75, 3.05) is 23.9 Å².